The summed E-state index contributed by atoms with van der Waals surface area (Å²) in [4.78, 5) is 61.2. The van der Waals surface area contributed by atoms with Crippen molar-refractivity contribution in [1.29, 1.82) is 0 Å². The van der Waals surface area contributed by atoms with E-state index >= 15 is 0 Å². The van der Waals surface area contributed by atoms with Crippen LogP contribution in [0.1, 0.15) is 48.9 Å². The number of carbonyl (C=O) groups is 5. The Hall–Kier alpha value is -5.25. The summed E-state index contributed by atoms with van der Waals surface area (Å²) < 4.78 is 19.6. The maximum Gasteiger partial charge on any atom is 0.378 e. The Morgan fingerprint density at radius 2 is 1.06 bits per heavy atom. The van der Waals surface area contributed by atoms with Crippen LogP contribution in [0.3, 0.4) is 0 Å². The summed E-state index contributed by atoms with van der Waals surface area (Å²) in [6, 6.07) is 21.9. The molecule has 0 saturated carbocycles. The number of ether oxygens (including phenoxy) is 4. The van der Waals surface area contributed by atoms with Crippen LogP contribution < -0.4 is 4.90 Å². The minimum atomic E-state index is -1.02. The first-order valence-corrected chi connectivity index (χ1v) is 15.4. The maximum absolute atomic E-state index is 12.2. The number of rotatable bonds is 17. The van der Waals surface area contributed by atoms with Gasteiger partial charge in [0.05, 0.1) is 18.8 Å². The Morgan fingerprint density at radius 1 is 0.596 bits per heavy atom. The van der Waals surface area contributed by atoms with Crippen molar-refractivity contribution in [2.45, 2.75) is 53.4 Å². The zero-order valence-corrected chi connectivity index (χ0v) is 27.3. The molecule has 0 bridgehead atoms. The van der Waals surface area contributed by atoms with E-state index in [9.17, 15) is 24.0 Å². The van der Waals surface area contributed by atoms with Crippen molar-refractivity contribution < 1.29 is 42.9 Å². The number of hydrogen-bond donors (Lipinski definition) is 0. The highest BCUT2D eigenvalue weighted by Gasteiger charge is 2.18. The van der Waals surface area contributed by atoms with Gasteiger partial charge in [0.2, 0.25) is 0 Å². The average molecular weight is 644 g/mol. The third-order valence-corrected chi connectivity index (χ3v) is 7.21. The highest BCUT2D eigenvalue weighted by molar-refractivity contribution is 6.34. The van der Waals surface area contributed by atoms with Crippen LogP contribution in [0.25, 0.3) is 0 Å². The van der Waals surface area contributed by atoms with E-state index in [1.54, 1.807) is 13.8 Å². The fourth-order valence-corrected chi connectivity index (χ4v) is 4.45. The van der Waals surface area contributed by atoms with Crippen molar-refractivity contribution >= 4 is 46.7 Å². The third kappa shape index (κ3) is 11.2. The van der Waals surface area contributed by atoms with Crippen molar-refractivity contribution in [1.82, 2.24) is 0 Å². The molecule has 3 aromatic carbocycles. The normalized spacial score (nSPS) is 10.5. The van der Waals surface area contributed by atoms with E-state index in [2.05, 4.69) is 48.3 Å². The fourth-order valence-electron chi connectivity index (χ4n) is 4.45. The van der Waals surface area contributed by atoms with Crippen molar-refractivity contribution in [2.24, 2.45) is 0 Å². The van der Waals surface area contributed by atoms with Crippen LogP contribution in [-0.4, -0.2) is 56.1 Å². The van der Waals surface area contributed by atoms with Gasteiger partial charge in [0.15, 0.2) is 6.61 Å². The van der Waals surface area contributed by atoms with Gasteiger partial charge in [-0.25, -0.2) is 9.59 Å². The molecule has 0 radical (unpaired) electrons. The van der Waals surface area contributed by atoms with E-state index in [4.69, 9.17) is 14.2 Å². The Labute approximate surface area is 275 Å². The molecule has 0 fully saturated rings. The van der Waals surface area contributed by atoms with Crippen molar-refractivity contribution in [3.05, 3.63) is 101 Å². The summed E-state index contributed by atoms with van der Waals surface area (Å²) in [5.41, 5.74) is 7.03. The number of hydrogen-bond acceptors (Lipinski definition) is 10. The van der Waals surface area contributed by atoms with Crippen LogP contribution in [0.5, 0.6) is 0 Å². The number of benzene rings is 3. The molecule has 0 saturated heterocycles. The summed E-state index contributed by atoms with van der Waals surface area (Å²) in [7, 11) is 0. The van der Waals surface area contributed by atoms with Gasteiger partial charge in [-0.2, -0.15) is 0 Å². The molecular formula is C37H41NO9. The second-order valence-electron chi connectivity index (χ2n) is 10.7. The molecule has 0 atom stereocenters. The molecule has 0 N–H and O–H groups in total. The Morgan fingerprint density at radius 3 is 1.55 bits per heavy atom. The number of anilines is 3. The molecule has 3 rings (SSSR count). The summed E-state index contributed by atoms with van der Waals surface area (Å²) in [6.07, 6.45) is 1.05. The molecular weight excluding hydrogens is 602 g/mol. The minimum Gasteiger partial charge on any atom is -0.463 e. The number of Topliss-reactive ketones (excluding diaryl/α,β-unsaturated/α-hetero) is 1. The van der Waals surface area contributed by atoms with Crippen LogP contribution in [0.4, 0.5) is 17.1 Å². The van der Waals surface area contributed by atoms with Gasteiger partial charge in [0.25, 0.3) is 5.78 Å². The summed E-state index contributed by atoms with van der Waals surface area (Å²) >= 11 is 0. The second-order valence-corrected chi connectivity index (χ2v) is 10.7. The first kappa shape index (κ1) is 36.2. The van der Waals surface area contributed by atoms with E-state index in [1.165, 1.54) is 5.56 Å². The number of aryl methyl sites for hydroxylation is 4. The Kier molecular flexibility index (Phi) is 13.9. The number of esters is 4. The van der Waals surface area contributed by atoms with E-state index in [0.717, 1.165) is 33.8 Å². The summed E-state index contributed by atoms with van der Waals surface area (Å²) in [5.74, 6) is -3.52. The molecule has 47 heavy (non-hydrogen) atoms. The predicted octanol–water partition coefficient (Wildman–Crippen LogP) is 5.98. The van der Waals surface area contributed by atoms with Crippen LogP contribution in [0.2, 0.25) is 0 Å². The number of nitrogens with zero attached hydrogens (tertiary/aromatic N) is 1. The molecule has 248 valence electrons. The molecule has 0 amide bonds. The molecule has 10 nitrogen and oxygen atoms in total. The first-order valence-electron chi connectivity index (χ1n) is 15.4. The van der Waals surface area contributed by atoms with Gasteiger partial charge < -0.3 is 23.8 Å². The Bertz CT molecular complexity index is 1480. The number of ketones is 1. The average Bonchev–Trinajstić information content (AvgIpc) is 3.07. The van der Waals surface area contributed by atoms with Gasteiger partial charge in [-0.15, -0.1) is 0 Å². The van der Waals surface area contributed by atoms with Crippen LogP contribution in [0, 0.1) is 13.8 Å². The largest absolute Gasteiger partial charge is 0.463 e. The molecule has 10 heteroatoms. The number of carbonyl (C=O) groups excluding carboxylic acids is 5. The standard InChI is InChI=1S/C37H41NO9/c1-6-44-36(42)27(5)23-46-34(40)20-13-28-9-16-30(17-10-28)38(32-15-8-25(3)26(4)22-32)31-18-11-29(12-19-31)14-21-35(41)47-24-33(39)37(43)45-7-2/h8-12,15-19,22H,5-7,13-14,20-21,23-24H2,1-4H3. The lowest BCUT2D eigenvalue weighted by Crippen LogP contribution is -2.24. The Balaban J connectivity index is 1.66. The van der Waals surface area contributed by atoms with Crippen molar-refractivity contribution in [3.63, 3.8) is 0 Å². The SMILES string of the molecule is C=C(COC(=O)CCc1ccc(N(c2ccc(CCC(=O)OCC(=O)C(=O)OCC)cc2)c2ccc(C)c(C)c2)cc1)C(=O)OCC. The van der Waals surface area contributed by atoms with E-state index < -0.39 is 36.3 Å². The fraction of sp³-hybridized carbons (Fsp3) is 0.324. The molecule has 0 aliphatic heterocycles. The molecule has 0 aliphatic rings. The first-order chi connectivity index (χ1) is 22.5. The molecule has 0 aliphatic carbocycles. The molecule has 0 heterocycles. The second kappa shape index (κ2) is 18.0. The molecule has 0 unspecified atom stereocenters. The lowest BCUT2D eigenvalue weighted by Gasteiger charge is -2.26. The highest BCUT2D eigenvalue weighted by atomic mass is 16.6. The van der Waals surface area contributed by atoms with Crippen LogP contribution in [0.15, 0.2) is 78.9 Å². The van der Waals surface area contributed by atoms with Crippen LogP contribution >= 0.6 is 0 Å². The van der Waals surface area contributed by atoms with Gasteiger partial charge in [-0.3, -0.25) is 14.4 Å². The van der Waals surface area contributed by atoms with Gasteiger partial charge in [-0.05, 0) is 99.2 Å². The quantitative estimate of drug-likeness (QED) is 0.0751. The lowest BCUT2D eigenvalue weighted by molar-refractivity contribution is -0.158. The smallest absolute Gasteiger partial charge is 0.378 e. The maximum atomic E-state index is 12.2. The van der Waals surface area contributed by atoms with E-state index in [1.807, 2.05) is 48.5 Å². The zero-order valence-electron chi connectivity index (χ0n) is 27.3. The molecule has 0 spiro atoms. The topological polar surface area (TPSA) is 126 Å². The van der Waals surface area contributed by atoms with E-state index in [0.29, 0.717) is 12.8 Å². The van der Waals surface area contributed by atoms with Crippen LogP contribution in [-0.2, 0) is 55.8 Å². The molecule has 0 aromatic heterocycles. The highest BCUT2D eigenvalue weighted by Crippen LogP contribution is 2.35. The van der Waals surface area contributed by atoms with Gasteiger partial charge in [0, 0.05) is 29.9 Å². The van der Waals surface area contributed by atoms with Gasteiger partial charge in [-0.1, -0.05) is 36.9 Å². The predicted molar refractivity (Wildman–Crippen MR) is 177 cm³/mol. The zero-order chi connectivity index (χ0) is 34.3. The van der Waals surface area contributed by atoms with Crippen molar-refractivity contribution in [3.8, 4) is 0 Å². The summed E-state index contributed by atoms with van der Waals surface area (Å²) in [5, 5.41) is 0. The monoisotopic (exact) mass is 643 g/mol. The van der Waals surface area contributed by atoms with E-state index in [-0.39, 0.29) is 38.2 Å². The van der Waals surface area contributed by atoms with Gasteiger partial charge in [0.1, 0.15) is 6.61 Å². The summed E-state index contributed by atoms with van der Waals surface area (Å²) in [6.45, 7) is 10.4. The minimum absolute atomic E-state index is 0.0471. The van der Waals surface area contributed by atoms with Gasteiger partial charge >= 0.3 is 23.9 Å². The third-order valence-electron chi connectivity index (χ3n) is 7.21. The lowest BCUT2D eigenvalue weighted by atomic mass is 10.0. The molecule has 3 aromatic rings. The van der Waals surface area contributed by atoms with Crippen molar-refractivity contribution in [2.75, 3.05) is 31.3 Å².